The maximum atomic E-state index is 12.9. The number of rotatable bonds is 9. The number of pyridine rings is 1. The first-order valence-corrected chi connectivity index (χ1v) is 15.8. The molecular weight excluding hydrogens is 526 g/mol. The van der Waals surface area contributed by atoms with Gasteiger partial charge in [0.15, 0.2) is 14.5 Å². The van der Waals surface area contributed by atoms with Gasteiger partial charge in [0, 0.05) is 11.9 Å². The molecule has 2 aromatic heterocycles. The molecule has 2 amide bonds. The molecule has 0 saturated carbocycles. The Bertz CT molecular complexity index is 1280. The van der Waals surface area contributed by atoms with E-state index >= 15 is 0 Å². The number of nitrogens with zero attached hydrogens (tertiary/aromatic N) is 3. The Balaban J connectivity index is 1.61. The summed E-state index contributed by atoms with van der Waals surface area (Å²) in [5, 5.41) is 17.3. The predicted octanol–water partition coefficient (Wildman–Crippen LogP) is 6.61. The molecular formula is C26H30ClN5O3SSi. The van der Waals surface area contributed by atoms with E-state index in [0.29, 0.717) is 35.4 Å². The monoisotopic (exact) mass is 555 g/mol. The summed E-state index contributed by atoms with van der Waals surface area (Å²) in [7, 11) is -1.90. The fraction of sp³-hybridized carbons (Fsp3) is 0.308. The van der Waals surface area contributed by atoms with Gasteiger partial charge in [0.05, 0.1) is 29.4 Å². The molecule has 0 bridgehead atoms. The van der Waals surface area contributed by atoms with Gasteiger partial charge in [0.2, 0.25) is 0 Å². The Hall–Kier alpha value is -3.23. The molecule has 0 aliphatic heterocycles. The number of aromatic nitrogens is 1. The molecule has 0 radical (unpaired) electrons. The number of nitriles is 1. The Labute approximate surface area is 227 Å². The summed E-state index contributed by atoms with van der Waals surface area (Å²) in [6.45, 7) is 11.8. The average molecular weight is 556 g/mol. The number of anilines is 3. The Kier molecular flexibility index (Phi) is 9.10. The number of benzene rings is 1. The van der Waals surface area contributed by atoms with E-state index < -0.39 is 20.1 Å². The SMILES string of the molecule is CC(C)(C)[Si](C)(C)OCCN(C#N)c1ccc(NC(=O)c2ccsc2C(=O)Nc2ccc(Cl)cn2)cc1. The highest BCUT2D eigenvalue weighted by molar-refractivity contribution is 7.12. The highest BCUT2D eigenvalue weighted by Gasteiger charge is 2.37. The molecule has 0 atom stereocenters. The Morgan fingerprint density at radius 1 is 1.11 bits per heavy atom. The van der Waals surface area contributed by atoms with E-state index in [1.807, 2.05) is 0 Å². The van der Waals surface area contributed by atoms with Crippen molar-refractivity contribution in [1.82, 2.24) is 4.98 Å². The summed E-state index contributed by atoms with van der Waals surface area (Å²) in [5.74, 6) is -0.514. The fourth-order valence-corrected chi connectivity index (χ4v) is 4.99. The van der Waals surface area contributed by atoms with Crippen LogP contribution in [0.2, 0.25) is 23.2 Å². The fourth-order valence-electron chi connectivity index (χ4n) is 3.06. The van der Waals surface area contributed by atoms with Gasteiger partial charge in [-0.2, -0.15) is 5.26 Å². The second kappa shape index (κ2) is 11.9. The van der Waals surface area contributed by atoms with Crippen molar-refractivity contribution in [2.45, 2.75) is 38.9 Å². The summed E-state index contributed by atoms with van der Waals surface area (Å²) in [6, 6.07) is 11.8. The molecule has 0 fully saturated rings. The van der Waals surface area contributed by atoms with Gasteiger partial charge < -0.3 is 15.1 Å². The minimum absolute atomic E-state index is 0.0973. The number of hydrogen-bond donors (Lipinski definition) is 2. The highest BCUT2D eigenvalue weighted by atomic mass is 35.5. The topological polar surface area (TPSA) is 107 Å². The summed E-state index contributed by atoms with van der Waals surface area (Å²) in [6.07, 6.45) is 3.62. The van der Waals surface area contributed by atoms with Crippen molar-refractivity contribution < 1.29 is 14.0 Å². The number of thiophene rings is 1. The maximum Gasteiger partial charge on any atom is 0.267 e. The average Bonchev–Trinajstić information content (AvgIpc) is 3.34. The summed E-state index contributed by atoms with van der Waals surface area (Å²) >= 11 is 6.99. The van der Waals surface area contributed by atoms with Crippen LogP contribution in [-0.2, 0) is 4.43 Å². The number of carbonyl (C=O) groups excluding carboxylic acids is 2. The first-order valence-electron chi connectivity index (χ1n) is 11.6. The first-order chi connectivity index (χ1) is 17.4. The lowest BCUT2D eigenvalue weighted by Crippen LogP contribution is -2.42. The van der Waals surface area contributed by atoms with E-state index in [2.05, 4.69) is 55.7 Å². The molecule has 0 spiro atoms. The van der Waals surface area contributed by atoms with Gasteiger partial charge in [-0.1, -0.05) is 32.4 Å². The zero-order valence-corrected chi connectivity index (χ0v) is 24.0. The van der Waals surface area contributed by atoms with Crippen molar-refractivity contribution in [3.05, 3.63) is 69.5 Å². The van der Waals surface area contributed by atoms with E-state index in [0.717, 1.165) is 11.3 Å². The molecule has 3 aromatic rings. The Morgan fingerprint density at radius 2 is 1.81 bits per heavy atom. The van der Waals surface area contributed by atoms with Gasteiger partial charge in [-0.05, 0) is 66.0 Å². The van der Waals surface area contributed by atoms with Gasteiger partial charge in [-0.3, -0.25) is 14.5 Å². The number of nitrogens with one attached hydrogen (secondary N) is 2. The van der Waals surface area contributed by atoms with E-state index in [9.17, 15) is 14.9 Å². The number of carbonyl (C=O) groups is 2. The zero-order valence-electron chi connectivity index (χ0n) is 21.5. The van der Waals surface area contributed by atoms with E-state index in [1.165, 1.54) is 6.20 Å². The highest BCUT2D eigenvalue weighted by Crippen LogP contribution is 2.36. The van der Waals surface area contributed by atoms with E-state index in [1.54, 1.807) is 52.7 Å². The lowest BCUT2D eigenvalue weighted by Gasteiger charge is -2.36. The van der Waals surface area contributed by atoms with E-state index in [-0.39, 0.29) is 15.5 Å². The third-order valence-electron chi connectivity index (χ3n) is 6.23. The zero-order chi connectivity index (χ0) is 27.2. The second-order valence-electron chi connectivity index (χ2n) is 9.84. The maximum absolute atomic E-state index is 12.9. The molecule has 2 heterocycles. The van der Waals surface area contributed by atoms with Crippen LogP contribution in [0.5, 0.6) is 0 Å². The molecule has 0 saturated heterocycles. The number of amides is 2. The van der Waals surface area contributed by atoms with Crippen molar-refractivity contribution in [1.29, 1.82) is 5.26 Å². The van der Waals surface area contributed by atoms with Crippen LogP contribution < -0.4 is 15.5 Å². The van der Waals surface area contributed by atoms with Crippen molar-refractivity contribution in [2.75, 3.05) is 28.7 Å². The van der Waals surface area contributed by atoms with Crippen LogP contribution in [0.4, 0.5) is 17.2 Å². The minimum atomic E-state index is -1.90. The predicted molar refractivity (Wildman–Crippen MR) is 152 cm³/mol. The summed E-state index contributed by atoms with van der Waals surface area (Å²) in [5.41, 5.74) is 1.49. The van der Waals surface area contributed by atoms with Gasteiger partial charge in [0.1, 0.15) is 10.7 Å². The van der Waals surface area contributed by atoms with Crippen LogP contribution >= 0.6 is 22.9 Å². The van der Waals surface area contributed by atoms with Crippen LogP contribution in [0.15, 0.2) is 54.0 Å². The molecule has 0 aliphatic rings. The van der Waals surface area contributed by atoms with E-state index in [4.69, 9.17) is 16.0 Å². The number of halogens is 1. The first kappa shape index (κ1) is 28.3. The van der Waals surface area contributed by atoms with Crippen molar-refractivity contribution in [3.63, 3.8) is 0 Å². The second-order valence-corrected chi connectivity index (χ2v) is 16.0. The molecule has 0 aliphatic carbocycles. The van der Waals surface area contributed by atoms with Crippen molar-refractivity contribution in [2.24, 2.45) is 0 Å². The van der Waals surface area contributed by atoms with Gasteiger partial charge >= 0.3 is 0 Å². The van der Waals surface area contributed by atoms with Crippen molar-refractivity contribution in [3.8, 4) is 6.19 Å². The lowest BCUT2D eigenvalue weighted by atomic mass is 10.2. The standard InChI is InChI=1S/C26H30ClN5O3SSi/c1-26(2,3)37(4,5)35-14-13-32(17-28)20-9-7-19(8-10-20)30-24(33)21-12-15-36-23(21)25(34)31-22-11-6-18(27)16-29-22/h6-12,15-16H,13-14H2,1-5H3,(H,30,33)(H,29,31,34). The smallest absolute Gasteiger partial charge is 0.267 e. The Morgan fingerprint density at radius 3 is 2.41 bits per heavy atom. The number of hydrogen-bond acceptors (Lipinski definition) is 7. The third kappa shape index (κ3) is 7.39. The largest absolute Gasteiger partial charge is 0.415 e. The van der Waals surface area contributed by atoms with Crippen LogP contribution in [0, 0.1) is 11.5 Å². The summed E-state index contributed by atoms with van der Waals surface area (Å²) < 4.78 is 6.19. The van der Waals surface area contributed by atoms with Crippen LogP contribution in [0.1, 0.15) is 40.8 Å². The minimum Gasteiger partial charge on any atom is -0.415 e. The van der Waals surface area contributed by atoms with Crippen molar-refractivity contribution >= 4 is 60.3 Å². The van der Waals surface area contributed by atoms with Crippen LogP contribution in [-0.4, -0.2) is 38.3 Å². The molecule has 37 heavy (non-hydrogen) atoms. The molecule has 0 unspecified atom stereocenters. The van der Waals surface area contributed by atoms with Gasteiger partial charge in [0.25, 0.3) is 11.8 Å². The lowest BCUT2D eigenvalue weighted by molar-refractivity contribution is 0.0993. The third-order valence-corrected chi connectivity index (χ3v) is 11.9. The molecule has 194 valence electrons. The molecule has 3 rings (SSSR count). The molecule has 1 aromatic carbocycles. The molecule has 2 N–H and O–H groups in total. The van der Waals surface area contributed by atoms with Crippen LogP contribution in [0.25, 0.3) is 0 Å². The van der Waals surface area contributed by atoms with Crippen LogP contribution in [0.3, 0.4) is 0 Å². The molecule has 11 heteroatoms. The normalized spacial score (nSPS) is 11.5. The van der Waals surface area contributed by atoms with Gasteiger partial charge in [-0.25, -0.2) is 4.98 Å². The molecule has 8 nitrogen and oxygen atoms in total. The summed E-state index contributed by atoms with van der Waals surface area (Å²) in [4.78, 5) is 31.5. The quantitative estimate of drug-likeness (QED) is 0.175. The van der Waals surface area contributed by atoms with Gasteiger partial charge in [-0.15, -0.1) is 11.3 Å².